The Bertz CT molecular complexity index is 903. The quantitative estimate of drug-likeness (QED) is 0.589. The monoisotopic (exact) mass is 380 g/mol. The normalized spacial score (nSPS) is 12.7. The fraction of sp³-hybridized carbons (Fsp3) is 0.238. The van der Waals surface area contributed by atoms with E-state index in [-0.39, 0.29) is 18.9 Å². The Morgan fingerprint density at radius 1 is 1.00 bits per heavy atom. The van der Waals surface area contributed by atoms with Crippen LogP contribution < -0.4 is 5.32 Å². The molecule has 0 saturated carbocycles. The lowest BCUT2D eigenvalue weighted by atomic mass is 10.1. The first-order valence-corrected chi connectivity index (χ1v) is 9.03. The van der Waals surface area contributed by atoms with Gasteiger partial charge in [-0.1, -0.05) is 25.1 Å². The highest BCUT2D eigenvalue weighted by atomic mass is 16.5. The van der Waals surface area contributed by atoms with E-state index in [0.717, 1.165) is 11.3 Å². The van der Waals surface area contributed by atoms with Gasteiger partial charge in [0.1, 0.15) is 0 Å². The fourth-order valence-corrected chi connectivity index (χ4v) is 2.88. The second kappa shape index (κ2) is 8.47. The van der Waals surface area contributed by atoms with Crippen molar-refractivity contribution < 1.29 is 23.9 Å². The highest BCUT2D eigenvalue weighted by Crippen LogP contribution is 2.22. The van der Waals surface area contributed by atoms with E-state index in [1.54, 1.807) is 42.5 Å². The first kappa shape index (κ1) is 19.3. The molecular formula is C21H20N2O5. The van der Waals surface area contributed by atoms with Crippen molar-refractivity contribution in [1.29, 1.82) is 0 Å². The van der Waals surface area contributed by atoms with Crippen molar-refractivity contribution in [2.24, 2.45) is 0 Å². The molecule has 0 aromatic heterocycles. The van der Waals surface area contributed by atoms with Crippen molar-refractivity contribution in [3.63, 3.8) is 0 Å². The molecule has 3 amide bonds. The van der Waals surface area contributed by atoms with Crippen molar-refractivity contribution in [3.05, 3.63) is 65.2 Å². The number of benzene rings is 2. The highest BCUT2D eigenvalue weighted by Gasteiger charge is 2.34. The fourth-order valence-electron chi connectivity index (χ4n) is 2.88. The molecule has 0 spiro atoms. The molecule has 0 unspecified atom stereocenters. The van der Waals surface area contributed by atoms with E-state index < -0.39 is 17.8 Å². The summed E-state index contributed by atoms with van der Waals surface area (Å²) in [6, 6.07) is 13.0. The SMILES string of the molecule is CCCOC(=O)c1cccc(NC(=O)CCN2C(=O)c3ccccc3C2=O)c1. The lowest BCUT2D eigenvalue weighted by Crippen LogP contribution is -2.32. The van der Waals surface area contributed by atoms with Crippen LogP contribution >= 0.6 is 0 Å². The summed E-state index contributed by atoms with van der Waals surface area (Å²) in [7, 11) is 0. The Balaban J connectivity index is 1.58. The maximum absolute atomic E-state index is 12.3. The predicted octanol–water partition coefficient (Wildman–Crippen LogP) is 2.88. The highest BCUT2D eigenvalue weighted by molar-refractivity contribution is 6.21. The van der Waals surface area contributed by atoms with E-state index in [9.17, 15) is 19.2 Å². The zero-order valence-electron chi connectivity index (χ0n) is 15.4. The molecule has 1 N–H and O–H groups in total. The molecule has 28 heavy (non-hydrogen) atoms. The Morgan fingerprint density at radius 2 is 1.68 bits per heavy atom. The number of imide groups is 1. The molecule has 0 fully saturated rings. The average molecular weight is 380 g/mol. The zero-order chi connectivity index (χ0) is 20.1. The number of hydrogen-bond donors (Lipinski definition) is 1. The van der Waals surface area contributed by atoms with Crippen LogP contribution in [0.15, 0.2) is 48.5 Å². The second-order valence-corrected chi connectivity index (χ2v) is 6.32. The summed E-state index contributed by atoms with van der Waals surface area (Å²) in [5.41, 5.74) is 1.49. The summed E-state index contributed by atoms with van der Waals surface area (Å²) in [4.78, 5) is 49.8. The number of fused-ring (bicyclic) bond motifs is 1. The molecule has 1 aliphatic heterocycles. The summed E-state index contributed by atoms with van der Waals surface area (Å²) in [6.07, 6.45) is 0.677. The number of nitrogens with zero attached hydrogens (tertiary/aromatic N) is 1. The van der Waals surface area contributed by atoms with Gasteiger partial charge in [0.2, 0.25) is 5.91 Å². The first-order valence-electron chi connectivity index (χ1n) is 9.03. The number of nitrogens with one attached hydrogen (secondary N) is 1. The van der Waals surface area contributed by atoms with Gasteiger partial charge in [-0.3, -0.25) is 19.3 Å². The van der Waals surface area contributed by atoms with Crippen LogP contribution in [-0.2, 0) is 9.53 Å². The van der Waals surface area contributed by atoms with Gasteiger partial charge in [-0.15, -0.1) is 0 Å². The number of ether oxygens (including phenoxy) is 1. The van der Waals surface area contributed by atoms with Crippen LogP contribution in [-0.4, -0.2) is 41.7 Å². The van der Waals surface area contributed by atoms with Crippen molar-refractivity contribution in [2.75, 3.05) is 18.5 Å². The zero-order valence-corrected chi connectivity index (χ0v) is 15.4. The second-order valence-electron chi connectivity index (χ2n) is 6.32. The molecule has 0 atom stereocenters. The van der Waals surface area contributed by atoms with Crippen molar-refractivity contribution in [3.8, 4) is 0 Å². The van der Waals surface area contributed by atoms with Gasteiger partial charge in [-0.25, -0.2) is 4.79 Å². The number of anilines is 1. The van der Waals surface area contributed by atoms with Crippen LogP contribution in [0.2, 0.25) is 0 Å². The van der Waals surface area contributed by atoms with Gasteiger partial charge in [-0.05, 0) is 36.8 Å². The minimum atomic E-state index is -0.455. The van der Waals surface area contributed by atoms with Crippen molar-refractivity contribution in [1.82, 2.24) is 4.90 Å². The van der Waals surface area contributed by atoms with Crippen LogP contribution in [0.25, 0.3) is 0 Å². The van der Waals surface area contributed by atoms with E-state index in [1.165, 1.54) is 6.07 Å². The van der Waals surface area contributed by atoms with E-state index in [2.05, 4.69) is 5.32 Å². The minimum Gasteiger partial charge on any atom is -0.462 e. The number of carbonyl (C=O) groups excluding carboxylic acids is 4. The van der Waals surface area contributed by atoms with Crippen LogP contribution in [0.4, 0.5) is 5.69 Å². The molecule has 3 rings (SSSR count). The number of carbonyl (C=O) groups is 4. The van der Waals surface area contributed by atoms with Crippen molar-refractivity contribution >= 4 is 29.4 Å². The largest absolute Gasteiger partial charge is 0.462 e. The Kier molecular flexibility index (Phi) is 5.84. The van der Waals surface area contributed by atoms with E-state index in [1.807, 2.05) is 6.92 Å². The van der Waals surface area contributed by atoms with E-state index in [0.29, 0.717) is 29.0 Å². The van der Waals surface area contributed by atoms with Gasteiger partial charge in [-0.2, -0.15) is 0 Å². The smallest absolute Gasteiger partial charge is 0.338 e. The lowest BCUT2D eigenvalue weighted by molar-refractivity contribution is -0.116. The third-order valence-corrected chi connectivity index (χ3v) is 4.26. The molecule has 144 valence electrons. The topological polar surface area (TPSA) is 92.8 Å². The first-order chi connectivity index (χ1) is 13.5. The molecule has 7 nitrogen and oxygen atoms in total. The van der Waals surface area contributed by atoms with Gasteiger partial charge in [0.05, 0.1) is 23.3 Å². The standard InChI is InChI=1S/C21H20N2O5/c1-2-12-28-21(27)14-6-5-7-15(13-14)22-18(24)10-11-23-19(25)16-8-3-4-9-17(16)20(23)26/h3-9,13H,2,10-12H2,1H3,(H,22,24). The molecule has 2 aromatic rings. The molecule has 1 heterocycles. The Hall–Kier alpha value is -3.48. The average Bonchev–Trinajstić information content (AvgIpc) is 2.95. The Morgan fingerprint density at radius 3 is 2.32 bits per heavy atom. The van der Waals surface area contributed by atoms with Crippen LogP contribution in [0.5, 0.6) is 0 Å². The maximum atomic E-state index is 12.3. The van der Waals surface area contributed by atoms with Gasteiger partial charge in [0.15, 0.2) is 0 Å². The van der Waals surface area contributed by atoms with Gasteiger partial charge in [0, 0.05) is 18.7 Å². The summed E-state index contributed by atoms with van der Waals surface area (Å²) in [6.45, 7) is 2.21. The number of esters is 1. The summed E-state index contributed by atoms with van der Waals surface area (Å²) in [5, 5.41) is 2.67. The number of rotatable bonds is 7. The molecule has 0 saturated heterocycles. The molecule has 0 radical (unpaired) electrons. The molecular weight excluding hydrogens is 360 g/mol. The summed E-state index contributed by atoms with van der Waals surface area (Å²) in [5.74, 6) is -1.61. The third-order valence-electron chi connectivity index (χ3n) is 4.26. The van der Waals surface area contributed by atoms with Gasteiger partial charge in [0.25, 0.3) is 11.8 Å². The minimum absolute atomic E-state index is 0.0174. The number of hydrogen-bond acceptors (Lipinski definition) is 5. The maximum Gasteiger partial charge on any atom is 0.338 e. The number of amides is 3. The van der Waals surface area contributed by atoms with Gasteiger partial charge < -0.3 is 10.1 Å². The van der Waals surface area contributed by atoms with E-state index >= 15 is 0 Å². The van der Waals surface area contributed by atoms with Gasteiger partial charge >= 0.3 is 5.97 Å². The van der Waals surface area contributed by atoms with Crippen molar-refractivity contribution in [2.45, 2.75) is 19.8 Å². The molecule has 0 bridgehead atoms. The third kappa shape index (κ3) is 4.09. The molecule has 1 aliphatic rings. The van der Waals surface area contributed by atoms with Crippen LogP contribution in [0, 0.1) is 0 Å². The van der Waals surface area contributed by atoms with Crippen LogP contribution in [0.3, 0.4) is 0 Å². The predicted molar refractivity (Wildman–Crippen MR) is 102 cm³/mol. The Labute approximate surface area is 162 Å². The lowest BCUT2D eigenvalue weighted by Gasteiger charge is -2.13. The molecule has 7 heteroatoms. The molecule has 0 aliphatic carbocycles. The van der Waals surface area contributed by atoms with E-state index in [4.69, 9.17) is 4.74 Å². The van der Waals surface area contributed by atoms with Crippen LogP contribution in [0.1, 0.15) is 50.8 Å². The summed E-state index contributed by atoms with van der Waals surface area (Å²) >= 11 is 0. The molecule has 2 aromatic carbocycles. The summed E-state index contributed by atoms with van der Waals surface area (Å²) < 4.78 is 5.07.